The lowest BCUT2D eigenvalue weighted by atomic mass is 10.1. The minimum absolute atomic E-state index is 0.163. The molecule has 29 heavy (non-hydrogen) atoms. The summed E-state index contributed by atoms with van der Waals surface area (Å²) in [7, 11) is 3.17. The van der Waals surface area contributed by atoms with Crippen molar-refractivity contribution in [3.05, 3.63) is 53.8 Å². The number of nitrogens with zero attached hydrogens (tertiary/aromatic N) is 2. The predicted octanol–water partition coefficient (Wildman–Crippen LogP) is 2.16. The summed E-state index contributed by atoms with van der Waals surface area (Å²) < 4.78 is 10.8. The maximum absolute atomic E-state index is 12.7. The van der Waals surface area contributed by atoms with E-state index in [1.165, 1.54) is 4.90 Å². The monoisotopic (exact) mass is 395 g/mol. The summed E-state index contributed by atoms with van der Waals surface area (Å²) in [5.74, 6) is -0.232. The fraction of sp³-hybridized carbons (Fsp3) is 0.238. The average Bonchev–Trinajstić information content (AvgIpc) is 3.15. The zero-order chi connectivity index (χ0) is 21.0. The maximum atomic E-state index is 12.7. The molecular formula is C21H21N3O5. The van der Waals surface area contributed by atoms with E-state index >= 15 is 0 Å². The number of para-hydroxylation sites is 1. The highest BCUT2D eigenvalue weighted by Crippen LogP contribution is 2.26. The van der Waals surface area contributed by atoms with Crippen LogP contribution in [0.5, 0.6) is 0 Å². The first-order valence-electron chi connectivity index (χ1n) is 8.95. The van der Waals surface area contributed by atoms with E-state index in [-0.39, 0.29) is 18.0 Å². The standard InChI is InChI=1S/C21H21N3O5/c1-13-8-9-18(29-13)17-10-15(14-6-4-5-7-16(14)23-17)21(27)28-12-19(25)22-11-20(26)24(2)3/h4-10H,11-12H2,1-3H3,(H,22,25). The zero-order valence-corrected chi connectivity index (χ0v) is 16.4. The van der Waals surface area contributed by atoms with Crippen molar-refractivity contribution < 1.29 is 23.5 Å². The molecule has 2 amide bonds. The van der Waals surface area contributed by atoms with Crippen molar-refractivity contribution in [3.8, 4) is 11.5 Å². The lowest BCUT2D eigenvalue weighted by Gasteiger charge is -2.11. The first kappa shape index (κ1) is 20.1. The van der Waals surface area contributed by atoms with Crippen molar-refractivity contribution in [2.75, 3.05) is 27.2 Å². The van der Waals surface area contributed by atoms with E-state index in [0.29, 0.717) is 22.4 Å². The maximum Gasteiger partial charge on any atom is 0.339 e. The van der Waals surface area contributed by atoms with Gasteiger partial charge < -0.3 is 19.4 Å². The molecule has 2 heterocycles. The van der Waals surface area contributed by atoms with Crippen LogP contribution in [0.25, 0.3) is 22.4 Å². The summed E-state index contributed by atoms with van der Waals surface area (Å²) in [6.07, 6.45) is 0. The molecule has 0 saturated heterocycles. The molecule has 1 N–H and O–H groups in total. The van der Waals surface area contributed by atoms with Crippen molar-refractivity contribution in [3.63, 3.8) is 0 Å². The lowest BCUT2D eigenvalue weighted by Crippen LogP contribution is -2.38. The molecule has 0 spiro atoms. The molecule has 0 atom stereocenters. The third kappa shape index (κ3) is 4.78. The highest BCUT2D eigenvalue weighted by molar-refractivity contribution is 6.05. The first-order valence-corrected chi connectivity index (χ1v) is 8.95. The summed E-state index contributed by atoms with van der Waals surface area (Å²) in [5.41, 5.74) is 1.37. The third-order valence-electron chi connectivity index (χ3n) is 4.20. The Morgan fingerprint density at radius 2 is 1.90 bits per heavy atom. The van der Waals surface area contributed by atoms with Crippen molar-refractivity contribution in [2.24, 2.45) is 0 Å². The molecule has 0 unspecified atom stereocenters. The number of nitrogens with one attached hydrogen (secondary N) is 1. The Hall–Kier alpha value is -3.68. The number of esters is 1. The van der Waals surface area contributed by atoms with Crippen LogP contribution in [-0.2, 0) is 14.3 Å². The van der Waals surface area contributed by atoms with Crippen molar-refractivity contribution in [1.29, 1.82) is 0 Å². The van der Waals surface area contributed by atoms with Crippen LogP contribution in [-0.4, -0.2) is 54.9 Å². The van der Waals surface area contributed by atoms with Crippen LogP contribution in [0.4, 0.5) is 0 Å². The molecule has 8 heteroatoms. The van der Waals surface area contributed by atoms with Gasteiger partial charge in [-0.15, -0.1) is 0 Å². The van der Waals surface area contributed by atoms with E-state index in [4.69, 9.17) is 9.15 Å². The van der Waals surface area contributed by atoms with E-state index in [1.807, 2.05) is 19.1 Å². The topological polar surface area (TPSA) is 102 Å². The van der Waals surface area contributed by atoms with Crippen molar-refractivity contribution in [1.82, 2.24) is 15.2 Å². The summed E-state index contributed by atoms with van der Waals surface area (Å²) >= 11 is 0. The van der Waals surface area contributed by atoms with Gasteiger partial charge in [-0.1, -0.05) is 18.2 Å². The van der Waals surface area contributed by atoms with Gasteiger partial charge in [0.2, 0.25) is 5.91 Å². The van der Waals surface area contributed by atoms with Crippen LogP contribution in [0.2, 0.25) is 0 Å². The number of aryl methyl sites for hydroxylation is 1. The molecule has 3 rings (SSSR count). The smallest absolute Gasteiger partial charge is 0.339 e. The Balaban J connectivity index is 1.78. The number of amides is 2. The molecule has 8 nitrogen and oxygen atoms in total. The van der Waals surface area contributed by atoms with Gasteiger partial charge in [-0.3, -0.25) is 9.59 Å². The summed E-state index contributed by atoms with van der Waals surface area (Å²) in [4.78, 5) is 41.9. The average molecular weight is 395 g/mol. The molecular weight excluding hydrogens is 374 g/mol. The Bertz CT molecular complexity index is 1070. The highest BCUT2D eigenvalue weighted by Gasteiger charge is 2.18. The Morgan fingerprint density at radius 3 is 2.59 bits per heavy atom. The van der Waals surface area contributed by atoms with Gasteiger partial charge in [0.15, 0.2) is 12.4 Å². The Kier molecular flexibility index (Phi) is 5.92. The molecule has 1 aromatic carbocycles. The number of furan rings is 1. The minimum Gasteiger partial charge on any atom is -0.460 e. The molecule has 0 aliphatic heterocycles. The largest absolute Gasteiger partial charge is 0.460 e. The molecule has 150 valence electrons. The molecule has 3 aromatic rings. The number of fused-ring (bicyclic) bond motifs is 1. The van der Waals surface area contributed by atoms with Gasteiger partial charge >= 0.3 is 5.97 Å². The van der Waals surface area contributed by atoms with Crippen LogP contribution in [0.3, 0.4) is 0 Å². The van der Waals surface area contributed by atoms with Crippen molar-refractivity contribution >= 4 is 28.7 Å². The number of benzene rings is 1. The van der Waals surface area contributed by atoms with Gasteiger partial charge in [-0.25, -0.2) is 9.78 Å². The van der Waals surface area contributed by atoms with Crippen LogP contribution in [0.1, 0.15) is 16.1 Å². The molecule has 0 radical (unpaired) electrons. The highest BCUT2D eigenvalue weighted by atomic mass is 16.5. The van der Waals surface area contributed by atoms with Gasteiger partial charge in [-0.2, -0.15) is 0 Å². The molecule has 0 saturated carbocycles. The van der Waals surface area contributed by atoms with Gasteiger partial charge in [0, 0.05) is 19.5 Å². The van der Waals surface area contributed by atoms with Crippen molar-refractivity contribution in [2.45, 2.75) is 6.92 Å². The molecule has 2 aromatic heterocycles. The minimum atomic E-state index is -0.665. The van der Waals surface area contributed by atoms with E-state index in [2.05, 4.69) is 10.3 Å². The van der Waals surface area contributed by atoms with E-state index in [9.17, 15) is 14.4 Å². The number of pyridine rings is 1. The fourth-order valence-corrected chi connectivity index (χ4v) is 2.63. The van der Waals surface area contributed by atoms with Gasteiger partial charge in [-0.05, 0) is 31.2 Å². The van der Waals surface area contributed by atoms with E-state index in [1.54, 1.807) is 44.4 Å². The van der Waals surface area contributed by atoms with Crippen LogP contribution < -0.4 is 5.32 Å². The normalized spacial score (nSPS) is 10.6. The number of rotatable bonds is 6. The van der Waals surface area contributed by atoms with Crippen LogP contribution >= 0.6 is 0 Å². The zero-order valence-electron chi connectivity index (χ0n) is 16.4. The number of hydrogen-bond donors (Lipinski definition) is 1. The predicted molar refractivity (Wildman–Crippen MR) is 106 cm³/mol. The van der Waals surface area contributed by atoms with Gasteiger partial charge in [0.1, 0.15) is 11.5 Å². The second-order valence-electron chi connectivity index (χ2n) is 6.62. The van der Waals surface area contributed by atoms with Gasteiger partial charge in [0.25, 0.3) is 5.91 Å². The first-order chi connectivity index (χ1) is 13.8. The quantitative estimate of drug-likeness (QED) is 0.642. The summed E-state index contributed by atoms with van der Waals surface area (Å²) in [6, 6.07) is 12.3. The molecule has 0 fully saturated rings. The number of likely N-dealkylation sites (N-methyl/N-ethyl adjacent to an activating group) is 1. The molecule has 0 bridgehead atoms. The molecule has 0 aliphatic rings. The Morgan fingerprint density at radius 1 is 1.14 bits per heavy atom. The number of carbonyl (C=O) groups excluding carboxylic acids is 3. The van der Waals surface area contributed by atoms with E-state index in [0.717, 1.165) is 5.76 Å². The van der Waals surface area contributed by atoms with E-state index < -0.39 is 18.5 Å². The molecule has 0 aliphatic carbocycles. The van der Waals surface area contributed by atoms with Crippen LogP contribution in [0.15, 0.2) is 46.9 Å². The second-order valence-corrected chi connectivity index (χ2v) is 6.62. The van der Waals surface area contributed by atoms with Crippen LogP contribution in [0, 0.1) is 6.92 Å². The summed E-state index contributed by atoms with van der Waals surface area (Å²) in [5, 5.41) is 3.02. The number of hydrogen-bond acceptors (Lipinski definition) is 6. The second kappa shape index (κ2) is 8.55. The number of aromatic nitrogens is 1. The SMILES string of the molecule is Cc1ccc(-c2cc(C(=O)OCC(=O)NCC(=O)N(C)C)c3ccccc3n2)o1. The number of carbonyl (C=O) groups is 3. The summed E-state index contributed by atoms with van der Waals surface area (Å²) in [6.45, 7) is 1.16. The third-order valence-corrected chi connectivity index (χ3v) is 4.20. The fourth-order valence-electron chi connectivity index (χ4n) is 2.63. The van der Waals surface area contributed by atoms with Gasteiger partial charge in [0.05, 0.1) is 17.6 Å². The lowest BCUT2D eigenvalue weighted by molar-refractivity contribution is -0.131. The Labute approximate surface area is 167 Å². The number of ether oxygens (including phenoxy) is 1.